The Hall–Kier alpha value is 1.29. The first-order valence-corrected chi connectivity index (χ1v) is 9.86. The summed E-state index contributed by atoms with van der Waals surface area (Å²) in [5.41, 5.74) is 0. The zero-order valence-corrected chi connectivity index (χ0v) is 8.59. The van der Waals surface area contributed by atoms with Crippen molar-refractivity contribution in [1.29, 1.82) is 0 Å². The molecule has 0 saturated heterocycles. The number of hydrogen-bond acceptors (Lipinski definition) is 1. The molecule has 0 heterocycles. The average Bonchev–Trinajstić information content (AvgIpc) is 1.67. The van der Waals surface area contributed by atoms with E-state index in [0.29, 0.717) is 6.42 Å². The van der Waals surface area contributed by atoms with Gasteiger partial charge in [0.1, 0.15) is 0 Å². The second-order valence-electron chi connectivity index (χ2n) is 1.51. The third kappa shape index (κ3) is 4.20. The Bertz CT molecular complexity index is 98.2. The molecule has 0 amide bonds. The zero-order chi connectivity index (χ0) is 6.57. The van der Waals surface area contributed by atoms with Gasteiger partial charge in [-0.05, 0) is 0 Å². The fraction of sp³-hybridized carbons (Fsp3) is 0.750. The summed E-state index contributed by atoms with van der Waals surface area (Å²) in [6.07, 6.45) is 0.682. The van der Waals surface area contributed by atoms with Crippen LogP contribution in [0.1, 0.15) is 13.3 Å². The molecule has 0 aromatic carbocycles. The topological polar surface area (TPSA) is 20.2 Å². The van der Waals surface area contributed by atoms with Crippen molar-refractivity contribution in [3.05, 3.63) is 0 Å². The van der Waals surface area contributed by atoms with Crippen molar-refractivity contribution >= 4 is 20.2 Å². The van der Waals surface area contributed by atoms with Crippen LogP contribution >= 0.6 is 17.0 Å². The number of aliphatic hydroxyl groups excluding tert-OH is 1. The van der Waals surface area contributed by atoms with Crippen LogP contribution in [0.3, 0.4) is 0 Å². The first kappa shape index (κ1) is 9.29. The second kappa shape index (κ2) is 5.11. The van der Waals surface area contributed by atoms with Gasteiger partial charge in [0, 0.05) is 0 Å². The molecule has 0 rings (SSSR count). The summed E-state index contributed by atoms with van der Waals surface area (Å²) >= 11 is -2.06. The SMILES string of the molecule is C[C](CCO)=[Zr]([Cl])[Cl]. The fourth-order valence-corrected chi connectivity index (χ4v) is 2.12. The van der Waals surface area contributed by atoms with Crippen molar-refractivity contribution in [1.82, 2.24) is 0 Å². The van der Waals surface area contributed by atoms with Gasteiger partial charge >= 0.3 is 64.2 Å². The minimum atomic E-state index is -2.06. The average molecular weight is 234 g/mol. The molecule has 1 N–H and O–H groups in total. The van der Waals surface area contributed by atoms with Crippen LogP contribution in [-0.2, 0) is 18.9 Å². The van der Waals surface area contributed by atoms with E-state index < -0.39 is 18.9 Å². The van der Waals surface area contributed by atoms with E-state index in [1.165, 1.54) is 0 Å². The Balaban J connectivity index is 3.62. The van der Waals surface area contributed by atoms with E-state index in [9.17, 15) is 0 Å². The van der Waals surface area contributed by atoms with Crippen LogP contribution in [0, 0.1) is 0 Å². The summed E-state index contributed by atoms with van der Waals surface area (Å²) in [6, 6.07) is 0. The van der Waals surface area contributed by atoms with Gasteiger partial charge in [-0.25, -0.2) is 0 Å². The van der Waals surface area contributed by atoms with Crippen LogP contribution in [0.4, 0.5) is 0 Å². The van der Waals surface area contributed by atoms with Crippen LogP contribution < -0.4 is 0 Å². The third-order valence-electron chi connectivity index (χ3n) is 0.809. The van der Waals surface area contributed by atoms with E-state index in [2.05, 4.69) is 0 Å². The Labute approximate surface area is 63.9 Å². The fourth-order valence-electron chi connectivity index (χ4n) is 0.262. The Morgan fingerprint density at radius 3 is 2.25 bits per heavy atom. The third-order valence-corrected chi connectivity index (χ3v) is 6.83. The molecule has 0 unspecified atom stereocenters. The molecule has 8 heavy (non-hydrogen) atoms. The predicted octanol–water partition coefficient (Wildman–Crippen LogP) is 1.49. The molecule has 0 aromatic rings. The first-order chi connectivity index (χ1) is 3.68. The molecule has 0 aromatic heterocycles. The van der Waals surface area contributed by atoms with E-state index in [-0.39, 0.29) is 6.61 Å². The standard InChI is InChI=1S/C4H8O.2ClH.Zr/c1-2-3-4-5;;;/h5H,3-4H2,1H3;2*1H;/q;;;+2/p-2. The van der Waals surface area contributed by atoms with Crippen LogP contribution in [0.2, 0.25) is 0 Å². The molecule has 0 atom stereocenters. The molecule has 4 heteroatoms. The molecule has 0 saturated carbocycles. The molecule has 0 fully saturated rings. The number of hydrogen-bond donors (Lipinski definition) is 1. The van der Waals surface area contributed by atoms with Crippen molar-refractivity contribution < 1.29 is 24.0 Å². The maximum absolute atomic E-state index is 8.38. The van der Waals surface area contributed by atoms with Gasteiger partial charge in [-0.2, -0.15) is 0 Å². The molecule has 0 radical (unpaired) electrons. The van der Waals surface area contributed by atoms with Gasteiger partial charge < -0.3 is 0 Å². The molecule has 0 aliphatic rings. The van der Waals surface area contributed by atoms with E-state index in [1.807, 2.05) is 6.92 Å². The number of aliphatic hydroxyl groups is 1. The van der Waals surface area contributed by atoms with Gasteiger partial charge in [0.05, 0.1) is 0 Å². The summed E-state index contributed by atoms with van der Waals surface area (Å²) in [4.78, 5) is 0. The molecule has 0 spiro atoms. The molecular formula is C4H8Cl2OZr. The van der Waals surface area contributed by atoms with Crippen LogP contribution in [0.15, 0.2) is 0 Å². The minimum absolute atomic E-state index is 0.176. The van der Waals surface area contributed by atoms with Gasteiger partial charge in [-0.3, -0.25) is 0 Å². The van der Waals surface area contributed by atoms with Crippen molar-refractivity contribution in [2.45, 2.75) is 13.3 Å². The molecule has 1 nitrogen and oxygen atoms in total. The summed E-state index contributed by atoms with van der Waals surface area (Å²) in [5.74, 6) is 0. The van der Waals surface area contributed by atoms with E-state index in [1.54, 1.807) is 0 Å². The van der Waals surface area contributed by atoms with Gasteiger partial charge in [0.2, 0.25) is 0 Å². The van der Waals surface area contributed by atoms with Crippen molar-refractivity contribution in [3.8, 4) is 0 Å². The number of rotatable bonds is 2. The zero-order valence-electron chi connectivity index (χ0n) is 4.62. The predicted molar refractivity (Wildman–Crippen MR) is 34.1 cm³/mol. The monoisotopic (exact) mass is 232 g/mol. The van der Waals surface area contributed by atoms with Gasteiger partial charge in [-0.1, -0.05) is 0 Å². The van der Waals surface area contributed by atoms with Gasteiger partial charge in [0.15, 0.2) is 0 Å². The van der Waals surface area contributed by atoms with E-state index in [4.69, 9.17) is 22.1 Å². The first-order valence-electron chi connectivity index (χ1n) is 2.30. The summed E-state index contributed by atoms with van der Waals surface area (Å²) < 4.78 is 1.11. The molecule has 0 aliphatic carbocycles. The van der Waals surface area contributed by atoms with Crippen LogP contribution in [0.25, 0.3) is 0 Å². The molecule has 0 aliphatic heterocycles. The van der Waals surface area contributed by atoms with Gasteiger partial charge in [-0.15, -0.1) is 0 Å². The van der Waals surface area contributed by atoms with Crippen molar-refractivity contribution in [3.63, 3.8) is 0 Å². The Morgan fingerprint density at radius 2 is 2.12 bits per heavy atom. The summed E-state index contributed by atoms with van der Waals surface area (Å²) in [7, 11) is 11.2. The normalized spacial score (nSPS) is 9.00. The van der Waals surface area contributed by atoms with Gasteiger partial charge in [0.25, 0.3) is 0 Å². The molecule has 48 valence electrons. The van der Waals surface area contributed by atoms with E-state index >= 15 is 0 Å². The van der Waals surface area contributed by atoms with Crippen LogP contribution in [-0.4, -0.2) is 14.9 Å². The Morgan fingerprint density at radius 1 is 1.62 bits per heavy atom. The molecular weight excluding hydrogens is 226 g/mol. The maximum atomic E-state index is 8.38. The summed E-state index contributed by atoms with van der Waals surface area (Å²) in [6.45, 7) is 2.08. The van der Waals surface area contributed by atoms with E-state index in [0.717, 1.165) is 3.21 Å². The van der Waals surface area contributed by atoms with Crippen molar-refractivity contribution in [2.75, 3.05) is 6.61 Å². The number of halogens is 2. The Kier molecular flexibility index (Phi) is 5.93. The van der Waals surface area contributed by atoms with Crippen LogP contribution in [0.5, 0.6) is 0 Å². The molecule has 0 bridgehead atoms. The second-order valence-corrected chi connectivity index (χ2v) is 10.5. The van der Waals surface area contributed by atoms with Crippen molar-refractivity contribution in [2.24, 2.45) is 0 Å². The summed E-state index contributed by atoms with van der Waals surface area (Å²) in [5, 5.41) is 8.38. The quantitative estimate of drug-likeness (QED) is 0.767.